The Kier molecular flexibility index (Phi) is 5.36. The highest BCUT2D eigenvalue weighted by Crippen LogP contribution is 2.39. The fourth-order valence-electron chi connectivity index (χ4n) is 3.26. The van der Waals surface area contributed by atoms with Crippen LogP contribution in [0.3, 0.4) is 0 Å². The van der Waals surface area contributed by atoms with Gasteiger partial charge in [-0.05, 0) is 11.1 Å². The molecule has 0 spiro atoms. The second-order valence-corrected chi connectivity index (χ2v) is 7.09. The summed E-state index contributed by atoms with van der Waals surface area (Å²) in [7, 11) is 0. The van der Waals surface area contributed by atoms with Crippen molar-refractivity contribution < 1.29 is 0 Å². The maximum absolute atomic E-state index is 7.30. The van der Waals surface area contributed by atoms with Crippen molar-refractivity contribution in [3.8, 4) is 0 Å². The molecule has 0 atom stereocenters. The molecule has 0 saturated carbocycles. The molecule has 0 aromatic heterocycles. The number of nitrogens with zero attached hydrogens (tertiary/aromatic N) is 1. The zero-order valence-electron chi connectivity index (χ0n) is 15.4. The number of aliphatic imine (C=N–C) groups is 1. The normalized spacial score (nSPS) is 11.0. The highest BCUT2D eigenvalue weighted by atomic mass is 35.5. The average molecular weight is 382 g/mol. The van der Waals surface area contributed by atoms with Crippen LogP contribution >= 0.6 is 11.6 Å². The number of rotatable bonds is 5. The standard InChI is InChI=1S/C26H20ClN/c27-26(23-17-9-3-10-18-23,24-19-11-4-12-20-24)28-25(21-13-5-1-6-14-21)22-15-7-2-8-16-22/h1-20H. The van der Waals surface area contributed by atoms with Gasteiger partial charge in [0.05, 0.1) is 5.71 Å². The van der Waals surface area contributed by atoms with Crippen LogP contribution in [0.4, 0.5) is 0 Å². The fourth-order valence-corrected chi connectivity index (χ4v) is 3.59. The lowest BCUT2D eigenvalue weighted by molar-refractivity contribution is 0.778. The Morgan fingerprint density at radius 1 is 0.500 bits per heavy atom. The third kappa shape index (κ3) is 3.76. The molecule has 4 rings (SSSR count). The van der Waals surface area contributed by atoms with Crippen molar-refractivity contribution in [3.05, 3.63) is 144 Å². The Morgan fingerprint density at radius 3 is 1.18 bits per heavy atom. The molecular formula is C26H20ClN. The van der Waals surface area contributed by atoms with Crippen LogP contribution in [0.1, 0.15) is 22.3 Å². The molecule has 0 aliphatic rings. The first-order valence-electron chi connectivity index (χ1n) is 9.28. The van der Waals surface area contributed by atoms with Crippen LogP contribution in [0.2, 0.25) is 0 Å². The molecule has 4 aromatic carbocycles. The smallest absolute Gasteiger partial charge is 0.184 e. The molecule has 28 heavy (non-hydrogen) atoms. The monoisotopic (exact) mass is 381 g/mol. The van der Waals surface area contributed by atoms with Crippen LogP contribution in [0.25, 0.3) is 0 Å². The first-order valence-corrected chi connectivity index (χ1v) is 9.66. The lowest BCUT2D eigenvalue weighted by Gasteiger charge is -2.26. The summed E-state index contributed by atoms with van der Waals surface area (Å²) in [5.41, 5.74) is 4.81. The molecule has 0 aliphatic carbocycles. The van der Waals surface area contributed by atoms with Gasteiger partial charge in [-0.3, -0.25) is 4.99 Å². The average Bonchev–Trinajstić information content (AvgIpc) is 2.80. The number of benzene rings is 4. The molecule has 0 saturated heterocycles. The van der Waals surface area contributed by atoms with Crippen molar-refractivity contribution in [3.63, 3.8) is 0 Å². The van der Waals surface area contributed by atoms with E-state index in [2.05, 4.69) is 24.3 Å². The highest BCUT2D eigenvalue weighted by molar-refractivity contribution is 6.27. The van der Waals surface area contributed by atoms with E-state index in [0.29, 0.717) is 0 Å². The summed E-state index contributed by atoms with van der Waals surface area (Å²) in [4.78, 5) is 4.15. The van der Waals surface area contributed by atoms with Gasteiger partial charge in [0.2, 0.25) is 0 Å². The minimum absolute atomic E-state index is 0.865. The predicted octanol–water partition coefficient (Wildman–Crippen LogP) is 6.66. The summed E-state index contributed by atoms with van der Waals surface area (Å²) in [5.74, 6) is 0. The third-order valence-electron chi connectivity index (χ3n) is 4.67. The van der Waals surface area contributed by atoms with Crippen molar-refractivity contribution >= 4 is 17.3 Å². The van der Waals surface area contributed by atoms with Crippen LogP contribution in [0.5, 0.6) is 0 Å². The topological polar surface area (TPSA) is 12.4 Å². The molecule has 0 bridgehead atoms. The molecule has 136 valence electrons. The van der Waals surface area contributed by atoms with Crippen LogP contribution < -0.4 is 0 Å². The summed E-state index contributed by atoms with van der Waals surface area (Å²) in [5, 5.41) is 0. The van der Waals surface area contributed by atoms with Crippen LogP contribution in [0.15, 0.2) is 126 Å². The number of hydrogen-bond acceptors (Lipinski definition) is 1. The van der Waals surface area contributed by atoms with E-state index in [-0.39, 0.29) is 0 Å². The van der Waals surface area contributed by atoms with E-state index in [0.717, 1.165) is 28.0 Å². The predicted molar refractivity (Wildman–Crippen MR) is 118 cm³/mol. The summed E-state index contributed by atoms with van der Waals surface area (Å²) in [6, 6.07) is 40.4. The number of hydrogen-bond donors (Lipinski definition) is 0. The van der Waals surface area contributed by atoms with E-state index in [1.165, 1.54) is 0 Å². The quantitative estimate of drug-likeness (QED) is 0.208. The van der Waals surface area contributed by atoms with E-state index in [1.807, 2.05) is 97.1 Å². The Bertz CT molecular complexity index is 962. The molecule has 0 aliphatic heterocycles. The van der Waals surface area contributed by atoms with Gasteiger partial charge in [0.15, 0.2) is 5.00 Å². The fraction of sp³-hybridized carbons (Fsp3) is 0.0385. The van der Waals surface area contributed by atoms with Crippen molar-refractivity contribution in [1.82, 2.24) is 0 Å². The van der Waals surface area contributed by atoms with Gasteiger partial charge in [-0.25, -0.2) is 0 Å². The Morgan fingerprint density at radius 2 is 0.821 bits per heavy atom. The van der Waals surface area contributed by atoms with Crippen LogP contribution in [-0.4, -0.2) is 5.71 Å². The van der Waals surface area contributed by atoms with Crippen molar-refractivity contribution in [2.24, 2.45) is 4.99 Å². The van der Waals surface area contributed by atoms with E-state index in [4.69, 9.17) is 16.6 Å². The molecule has 0 amide bonds. The minimum atomic E-state index is -1.02. The highest BCUT2D eigenvalue weighted by Gasteiger charge is 2.32. The van der Waals surface area contributed by atoms with Crippen molar-refractivity contribution in [2.45, 2.75) is 5.00 Å². The van der Waals surface area contributed by atoms with Gasteiger partial charge in [0.25, 0.3) is 0 Å². The van der Waals surface area contributed by atoms with Crippen LogP contribution in [-0.2, 0) is 5.00 Å². The van der Waals surface area contributed by atoms with Crippen LogP contribution in [0, 0.1) is 0 Å². The molecule has 0 N–H and O–H groups in total. The van der Waals surface area contributed by atoms with E-state index >= 15 is 0 Å². The van der Waals surface area contributed by atoms with Gasteiger partial charge in [-0.2, -0.15) is 0 Å². The van der Waals surface area contributed by atoms with Gasteiger partial charge >= 0.3 is 0 Å². The van der Waals surface area contributed by atoms with Gasteiger partial charge in [0.1, 0.15) is 0 Å². The van der Waals surface area contributed by atoms with Gasteiger partial charge in [-0.15, -0.1) is 0 Å². The second-order valence-electron chi connectivity index (χ2n) is 6.55. The Hall–Kier alpha value is -3.16. The molecule has 0 fully saturated rings. The molecule has 1 nitrogen and oxygen atoms in total. The van der Waals surface area contributed by atoms with Gasteiger partial charge in [0, 0.05) is 11.1 Å². The molecule has 0 unspecified atom stereocenters. The van der Waals surface area contributed by atoms with E-state index in [1.54, 1.807) is 0 Å². The second kappa shape index (κ2) is 8.24. The Labute approximate surface area is 171 Å². The first-order chi connectivity index (χ1) is 13.8. The largest absolute Gasteiger partial charge is 0.252 e. The van der Waals surface area contributed by atoms with Gasteiger partial charge in [-0.1, -0.05) is 133 Å². The molecule has 0 heterocycles. The first kappa shape index (κ1) is 18.2. The van der Waals surface area contributed by atoms with Gasteiger partial charge < -0.3 is 0 Å². The Balaban J connectivity index is 1.97. The maximum Gasteiger partial charge on any atom is 0.184 e. The van der Waals surface area contributed by atoms with Crippen molar-refractivity contribution in [1.29, 1.82) is 0 Å². The minimum Gasteiger partial charge on any atom is -0.252 e. The van der Waals surface area contributed by atoms with E-state index < -0.39 is 5.00 Å². The molecule has 2 heteroatoms. The van der Waals surface area contributed by atoms with Crippen molar-refractivity contribution in [2.75, 3.05) is 0 Å². The molecule has 4 aromatic rings. The molecular weight excluding hydrogens is 362 g/mol. The molecule has 0 radical (unpaired) electrons. The summed E-state index contributed by atoms with van der Waals surface area (Å²) in [6.07, 6.45) is 0. The van der Waals surface area contributed by atoms with E-state index in [9.17, 15) is 0 Å². The zero-order valence-corrected chi connectivity index (χ0v) is 16.1. The number of halogens is 1. The third-order valence-corrected chi connectivity index (χ3v) is 5.19. The zero-order chi connectivity index (χ0) is 19.2. The lowest BCUT2D eigenvalue weighted by Crippen LogP contribution is -2.21. The SMILES string of the molecule is ClC(N=C(c1ccccc1)c1ccccc1)(c1ccccc1)c1ccccc1. The maximum atomic E-state index is 7.30. The number of alkyl halides is 1. The summed E-state index contributed by atoms with van der Waals surface area (Å²) >= 11 is 7.30. The lowest BCUT2D eigenvalue weighted by atomic mass is 9.96. The summed E-state index contributed by atoms with van der Waals surface area (Å²) in [6.45, 7) is 0. The summed E-state index contributed by atoms with van der Waals surface area (Å²) < 4.78 is 0.